The van der Waals surface area contributed by atoms with E-state index in [1.165, 1.54) is 0 Å². The Hall–Kier alpha value is -3.28. The molecule has 0 saturated carbocycles. The topological polar surface area (TPSA) is 81.2 Å². The van der Waals surface area contributed by atoms with E-state index in [-0.39, 0.29) is 11.7 Å². The van der Waals surface area contributed by atoms with Crippen LogP contribution in [0.3, 0.4) is 0 Å². The van der Waals surface area contributed by atoms with Crippen LogP contribution in [0.1, 0.15) is 24.8 Å². The Morgan fingerprint density at radius 3 is 2.67 bits per heavy atom. The number of hydrogen-bond donors (Lipinski definition) is 3. The van der Waals surface area contributed by atoms with Gasteiger partial charge in [0.05, 0.1) is 5.69 Å². The fraction of sp³-hybridized carbons (Fsp3) is 0.238. The predicted octanol–water partition coefficient (Wildman–Crippen LogP) is 4.35. The number of nitrogens with one attached hydrogen (secondary N) is 2. The first-order chi connectivity index (χ1) is 13.1. The number of piperidine rings is 1. The van der Waals surface area contributed by atoms with E-state index in [1.807, 2.05) is 48.2 Å². The SMILES string of the molecule is Cc1cc(O)ccc1Nc1cc(-c2ccc(N3CCCCC3=O)cc2)[nH]n1. The molecule has 1 fully saturated rings. The number of aromatic hydroxyl groups is 1. The molecule has 4 rings (SSSR count). The average molecular weight is 362 g/mol. The van der Waals surface area contributed by atoms with Crippen LogP contribution < -0.4 is 10.2 Å². The van der Waals surface area contributed by atoms with Crippen LogP contribution in [0.15, 0.2) is 48.5 Å². The zero-order chi connectivity index (χ0) is 18.8. The number of hydrogen-bond acceptors (Lipinski definition) is 4. The summed E-state index contributed by atoms with van der Waals surface area (Å²) in [6.07, 6.45) is 2.67. The van der Waals surface area contributed by atoms with Gasteiger partial charge < -0.3 is 15.3 Å². The molecule has 6 nitrogen and oxygen atoms in total. The number of amides is 1. The molecular formula is C21H22N4O2. The van der Waals surface area contributed by atoms with E-state index in [4.69, 9.17) is 0 Å². The number of rotatable bonds is 4. The molecule has 1 aromatic heterocycles. The summed E-state index contributed by atoms with van der Waals surface area (Å²) in [6, 6.07) is 15.1. The van der Waals surface area contributed by atoms with Crippen molar-refractivity contribution in [1.82, 2.24) is 10.2 Å². The second kappa shape index (κ2) is 7.15. The fourth-order valence-electron chi connectivity index (χ4n) is 3.36. The molecule has 1 aliphatic heterocycles. The van der Waals surface area contributed by atoms with Crippen LogP contribution in [-0.4, -0.2) is 27.8 Å². The normalized spacial score (nSPS) is 14.4. The van der Waals surface area contributed by atoms with Crippen LogP contribution in [-0.2, 0) is 4.79 Å². The van der Waals surface area contributed by atoms with E-state index in [9.17, 15) is 9.90 Å². The predicted molar refractivity (Wildman–Crippen MR) is 106 cm³/mol. The lowest BCUT2D eigenvalue weighted by Gasteiger charge is -2.26. The summed E-state index contributed by atoms with van der Waals surface area (Å²) < 4.78 is 0. The van der Waals surface area contributed by atoms with Crippen LogP contribution in [0.4, 0.5) is 17.2 Å². The monoisotopic (exact) mass is 362 g/mol. The Bertz CT molecular complexity index is 963. The van der Waals surface area contributed by atoms with Crippen molar-refractivity contribution in [3.8, 4) is 17.0 Å². The van der Waals surface area contributed by atoms with Gasteiger partial charge in [-0.25, -0.2) is 0 Å². The first kappa shape index (κ1) is 17.1. The van der Waals surface area contributed by atoms with Gasteiger partial charge in [0.2, 0.25) is 5.91 Å². The Balaban J connectivity index is 1.50. The van der Waals surface area contributed by atoms with Crippen molar-refractivity contribution in [1.29, 1.82) is 0 Å². The number of carbonyl (C=O) groups is 1. The van der Waals surface area contributed by atoms with Gasteiger partial charge in [0, 0.05) is 30.4 Å². The molecule has 2 aromatic carbocycles. The Kier molecular flexibility index (Phi) is 4.54. The van der Waals surface area contributed by atoms with Gasteiger partial charge in [0.25, 0.3) is 0 Å². The summed E-state index contributed by atoms with van der Waals surface area (Å²) in [5.74, 6) is 1.15. The first-order valence-corrected chi connectivity index (χ1v) is 9.13. The number of benzene rings is 2. The van der Waals surface area contributed by atoms with E-state index < -0.39 is 0 Å². The first-order valence-electron chi connectivity index (χ1n) is 9.13. The number of phenols is 1. The molecule has 1 amide bonds. The molecule has 3 N–H and O–H groups in total. The average Bonchev–Trinajstić information content (AvgIpc) is 3.13. The number of aromatic nitrogens is 2. The highest BCUT2D eigenvalue weighted by Gasteiger charge is 2.19. The molecule has 0 atom stereocenters. The van der Waals surface area contributed by atoms with Gasteiger partial charge in [-0.3, -0.25) is 9.89 Å². The third-order valence-corrected chi connectivity index (χ3v) is 4.86. The lowest BCUT2D eigenvalue weighted by Crippen LogP contribution is -2.35. The highest BCUT2D eigenvalue weighted by Crippen LogP contribution is 2.28. The molecule has 0 aliphatic carbocycles. The quantitative estimate of drug-likeness (QED) is 0.603. The van der Waals surface area contributed by atoms with Crippen LogP contribution >= 0.6 is 0 Å². The molecule has 1 aliphatic rings. The lowest BCUT2D eigenvalue weighted by atomic mass is 10.1. The van der Waals surface area contributed by atoms with Gasteiger partial charge in [-0.15, -0.1) is 0 Å². The minimum Gasteiger partial charge on any atom is -0.508 e. The summed E-state index contributed by atoms with van der Waals surface area (Å²) in [6.45, 7) is 2.72. The van der Waals surface area contributed by atoms with Crippen LogP contribution in [0.2, 0.25) is 0 Å². The van der Waals surface area contributed by atoms with E-state index in [0.717, 1.165) is 47.6 Å². The summed E-state index contributed by atoms with van der Waals surface area (Å²) in [5.41, 5.74) is 4.68. The molecule has 2 heterocycles. The molecule has 0 radical (unpaired) electrons. The van der Waals surface area contributed by atoms with Crippen molar-refractivity contribution in [3.63, 3.8) is 0 Å². The van der Waals surface area contributed by atoms with Gasteiger partial charge in [0.1, 0.15) is 5.75 Å². The molecule has 27 heavy (non-hydrogen) atoms. The third-order valence-electron chi connectivity index (χ3n) is 4.86. The van der Waals surface area contributed by atoms with Crippen LogP contribution in [0.5, 0.6) is 5.75 Å². The van der Waals surface area contributed by atoms with E-state index in [0.29, 0.717) is 12.2 Å². The number of nitrogens with zero attached hydrogens (tertiary/aromatic N) is 2. The Morgan fingerprint density at radius 2 is 1.93 bits per heavy atom. The third kappa shape index (κ3) is 3.65. The van der Waals surface area contributed by atoms with Gasteiger partial charge in [0.15, 0.2) is 5.82 Å². The lowest BCUT2D eigenvalue weighted by molar-refractivity contribution is -0.119. The highest BCUT2D eigenvalue weighted by molar-refractivity contribution is 5.94. The van der Waals surface area contributed by atoms with Gasteiger partial charge in [-0.2, -0.15) is 5.10 Å². The van der Waals surface area contributed by atoms with E-state index in [1.54, 1.807) is 12.1 Å². The molecule has 0 bridgehead atoms. The highest BCUT2D eigenvalue weighted by atomic mass is 16.3. The van der Waals surface area contributed by atoms with Crippen molar-refractivity contribution >= 4 is 23.1 Å². The largest absolute Gasteiger partial charge is 0.508 e. The maximum Gasteiger partial charge on any atom is 0.226 e. The number of phenolic OH excluding ortho intramolecular Hbond substituents is 1. The maximum absolute atomic E-state index is 12.1. The second-order valence-electron chi connectivity index (χ2n) is 6.84. The van der Waals surface area contributed by atoms with E-state index >= 15 is 0 Å². The summed E-state index contributed by atoms with van der Waals surface area (Å²) >= 11 is 0. The minimum absolute atomic E-state index is 0.200. The van der Waals surface area contributed by atoms with Gasteiger partial charge in [-0.05, 0) is 61.2 Å². The summed E-state index contributed by atoms with van der Waals surface area (Å²) in [4.78, 5) is 13.9. The number of H-pyrrole nitrogens is 1. The fourth-order valence-corrected chi connectivity index (χ4v) is 3.36. The Labute approximate surface area is 157 Å². The van der Waals surface area contributed by atoms with Gasteiger partial charge in [-0.1, -0.05) is 12.1 Å². The molecule has 3 aromatic rings. The maximum atomic E-state index is 12.1. The summed E-state index contributed by atoms with van der Waals surface area (Å²) in [5, 5.41) is 20.1. The standard InChI is InChI=1S/C21H22N4O2/c1-14-12-17(26)9-10-18(14)22-20-13-19(23-24-20)15-5-7-16(8-6-15)25-11-3-2-4-21(25)27/h5-10,12-13,26H,2-4,11H2,1H3,(H2,22,23,24). The molecule has 1 saturated heterocycles. The van der Waals surface area contributed by atoms with E-state index in [2.05, 4.69) is 15.5 Å². The number of aryl methyl sites for hydroxylation is 1. The molecular weight excluding hydrogens is 340 g/mol. The molecule has 0 spiro atoms. The van der Waals surface area contributed by atoms with Crippen LogP contribution in [0, 0.1) is 6.92 Å². The molecule has 6 heteroatoms. The number of anilines is 3. The molecule has 0 unspecified atom stereocenters. The zero-order valence-electron chi connectivity index (χ0n) is 15.2. The molecule has 138 valence electrons. The number of carbonyl (C=O) groups excluding carboxylic acids is 1. The Morgan fingerprint density at radius 1 is 1.11 bits per heavy atom. The van der Waals surface area contributed by atoms with Crippen molar-refractivity contribution in [3.05, 3.63) is 54.1 Å². The van der Waals surface area contributed by atoms with Crippen molar-refractivity contribution in [2.75, 3.05) is 16.8 Å². The second-order valence-corrected chi connectivity index (χ2v) is 6.84. The van der Waals surface area contributed by atoms with Gasteiger partial charge >= 0.3 is 0 Å². The van der Waals surface area contributed by atoms with Crippen molar-refractivity contribution in [2.24, 2.45) is 0 Å². The zero-order valence-corrected chi connectivity index (χ0v) is 15.2. The van der Waals surface area contributed by atoms with Crippen molar-refractivity contribution < 1.29 is 9.90 Å². The number of aromatic amines is 1. The van der Waals surface area contributed by atoms with Crippen LogP contribution in [0.25, 0.3) is 11.3 Å². The minimum atomic E-state index is 0.200. The summed E-state index contributed by atoms with van der Waals surface area (Å²) in [7, 11) is 0. The smallest absolute Gasteiger partial charge is 0.226 e. The van der Waals surface area contributed by atoms with Crippen molar-refractivity contribution in [2.45, 2.75) is 26.2 Å².